The molecule has 32 heavy (non-hydrogen) atoms. The second-order valence-corrected chi connectivity index (χ2v) is 8.53. The van der Waals surface area contributed by atoms with Gasteiger partial charge in [0.15, 0.2) is 0 Å². The molecule has 160 valence electrons. The first kappa shape index (κ1) is 21.7. The zero-order valence-electron chi connectivity index (χ0n) is 17.6. The number of fused-ring (bicyclic) bond motifs is 1. The maximum absolute atomic E-state index is 13.1. The number of rotatable bonds is 7. The molecule has 1 aliphatic heterocycles. The Bertz CT molecular complexity index is 1140. The summed E-state index contributed by atoms with van der Waals surface area (Å²) in [5.41, 5.74) is 2.99. The van der Waals surface area contributed by atoms with Gasteiger partial charge in [0.25, 0.3) is 5.91 Å². The molecule has 3 aromatic rings. The minimum absolute atomic E-state index is 0.192. The number of benzene rings is 3. The van der Waals surface area contributed by atoms with Gasteiger partial charge in [-0.15, -0.1) is 6.58 Å². The van der Waals surface area contributed by atoms with Crippen LogP contribution in [-0.2, 0) is 16.0 Å². The van der Waals surface area contributed by atoms with Crippen molar-refractivity contribution in [2.24, 2.45) is 0 Å². The van der Waals surface area contributed by atoms with Crippen LogP contribution in [0.15, 0.2) is 113 Å². The summed E-state index contributed by atoms with van der Waals surface area (Å²) in [7, 11) is 0. The number of hydrogen-bond acceptors (Lipinski definition) is 3. The van der Waals surface area contributed by atoms with Crippen molar-refractivity contribution in [1.82, 2.24) is 5.32 Å². The third kappa shape index (κ3) is 5.01. The summed E-state index contributed by atoms with van der Waals surface area (Å²) in [6, 6.07) is 27.4. The van der Waals surface area contributed by atoms with Gasteiger partial charge in [-0.3, -0.25) is 9.59 Å². The van der Waals surface area contributed by atoms with E-state index in [1.54, 1.807) is 11.0 Å². The van der Waals surface area contributed by atoms with Crippen molar-refractivity contribution in [3.8, 4) is 0 Å². The van der Waals surface area contributed by atoms with Gasteiger partial charge in [-0.25, -0.2) is 0 Å². The maximum atomic E-state index is 13.1. The molecule has 0 aliphatic carbocycles. The van der Waals surface area contributed by atoms with E-state index in [1.807, 2.05) is 84.9 Å². The second kappa shape index (κ2) is 10.2. The van der Waals surface area contributed by atoms with Crippen LogP contribution in [0, 0.1) is 0 Å². The molecule has 0 saturated carbocycles. The van der Waals surface area contributed by atoms with Gasteiger partial charge in [0.1, 0.15) is 0 Å². The summed E-state index contributed by atoms with van der Waals surface area (Å²) < 4.78 is 0. The first-order valence-corrected chi connectivity index (χ1v) is 11.3. The average molecular weight is 441 g/mol. The Morgan fingerprint density at radius 3 is 2.34 bits per heavy atom. The average Bonchev–Trinajstić information content (AvgIpc) is 2.82. The lowest BCUT2D eigenvalue weighted by Gasteiger charge is -2.29. The molecule has 3 aromatic carbocycles. The molecule has 0 radical (unpaired) electrons. The van der Waals surface area contributed by atoms with Gasteiger partial charge in [-0.2, -0.15) is 0 Å². The molecule has 0 spiro atoms. The molecule has 2 amide bonds. The van der Waals surface area contributed by atoms with Gasteiger partial charge in [-0.05, 0) is 29.7 Å². The van der Waals surface area contributed by atoms with Gasteiger partial charge in [0.05, 0.1) is 16.6 Å². The van der Waals surface area contributed by atoms with Crippen molar-refractivity contribution in [3.63, 3.8) is 0 Å². The molecule has 0 unspecified atom stereocenters. The van der Waals surface area contributed by atoms with Crippen molar-refractivity contribution in [2.75, 3.05) is 11.4 Å². The summed E-state index contributed by atoms with van der Waals surface area (Å²) in [6.45, 7) is 4.15. The molecule has 0 fully saturated rings. The number of hydrogen-bond donors (Lipinski definition) is 1. The summed E-state index contributed by atoms with van der Waals surface area (Å²) in [4.78, 5) is 29.1. The van der Waals surface area contributed by atoms with Gasteiger partial charge in [0, 0.05) is 17.5 Å². The predicted molar refractivity (Wildman–Crippen MR) is 130 cm³/mol. The highest BCUT2D eigenvalue weighted by molar-refractivity contribution is 8.04. The van der Waals surface area contributed by atoms with Crippen molar-refractivity contribution in [2.45, 2.75) is 17.4 Å². The topological polar surface area (TPSA) is 49.4 Å². The largest absolute Gasteiger partial charge is 0.345 e. The molecule has 0 bridgehead atoms. The van der Waals surface area contributed by atoms with Crippen LogP contribution in [0.4, 0.5) is 5.69 Å². The predicted octanol–water partition coefficient (Wildman–Crippen LogP) is 5.30. The highest BCUT2D eigenvalue weighted by Crippen LogP contribution is 2.41. The standard InChI is InChI=1S/C27H24N2O2S/c1-2-17-29-23-15-9-10-16-24(23)32-25(27(29)31)19-26(30)28-22(21-13-7-4-8-14-21)18-20-11-5-3-6-12-20/h2-16,19,22H,1,17-18H2,(H,28,30)/b25-19+/t22-/m1/s1. The maximum Gasteiger partial charge on any atom is 0.265 e. The zero-order valence-corrected chi connectivity index (χ0v) is 18.4. The number of carbonyl (C=O) groups excluding carboxylic acids is 2. The number of para-hydroxylation sites is 1. The number of thioether (sulfide) groups is 1. The number of nitrogens with one attached hydrogen (secondary N) is 1. The molecule has 4 nitrogen and oxygen atoms in total. The molecule has 1 atom stereocenters. The van der Waals surface area contributed by atoms with E-state index in [-0.39, 0.29) is 17.9 Å². The van der Waals surface area contributed by atoms with Crippen LogP contribution >= 0.6 is 11.8 Å². The van der Waals surface area contributed by atoms with E-state index >= 15 is 0 Å². The van der Waals surface area contributed by atoms with E-state index in [0.717, 1.165) is 21.7 Å². The Morgan fingerprint density at radius 2 is 1.62 bits per heavy atom. The van der Waals surface area contributed by atoms with Crippen molar-refractivity contribution < 1.29 is 9.59 Å². The van der Waals surface area contributed by atoms with Gasteiger partial charge in [0.2, 0.25) is 5.91 Å². The van der Waals surface area contributed by atoms with E-state index < -0.39 is 0 Å². The molecule has 1 heterocycles. The van der Waals surface area contributed by atoms with Crippen LogP contribution in [0.25, 0.3) is 0 Å². The SMILES string of the molecule is C=CCN1C(=O)/C(=C\C(=O)N[C@H](Cc2ccccc2)c2ccccc2)Sc2ccccc21. The Kier molecular flexibility index (Phi) is 6.87. The summed E-state index contributed by atoms with van der Waals surface area (Å²) in [6.07, 6.45) is 3.76. The lowest BCUT2D eigenvalue weighted by atomic mass is 9.99. The summed E-state index contributed by atoms with van der Waals surface area (Å²) in [5.74, 6) is -0.480. The molecular formula is C27H24N2O2S. The smallest absolute Gasteiger partial charge is 0.265 e. The highest BCUT2D eigenvalue weighted by atomic mass is 32.2. The number of amides is 2. The first-order valence-electron chi connectivity index (χ1n) is 10.5. The van der Waals surface area contributed by atoms with Gasteiger partial charge >= 0.3 is 0 Å². The molecule has 0 saturated heterocycles. The molecule has 1 aliphatic rings. The third-order valence-electron chi connectivity index (χ3n) is 5.21. The van der Waals surface area contributed by atoms with Crippen molar-refractivity contribution >= 4 is 29.3 Å². The van der Waals surface area contributed by atoms with Crippen LogP contribution in [0.3, 0.4) is 0 Å². The van der Waals surface area contributed by atoms with Crippen molar-refractivity contribution in [1.29, 1.82) is 0 Å². The fourth-order valence-electron chi connectivity index (χ4n) is 3.69. The van der Waals surface area contributed by atoms with E-state index in [0.29, 0.717) is 17.9 Å². The Labute approximate surface area is 192 Å². The first-order chi connectivity index (χ1) is 15.7. The van der Waals surface area contributed by atoms with Gasteiger partial charge < -0.3 is 10.2 Å². The molecular weight excluding hydrogens is 416 g/mol. The third-order valence-corrected chi connectivity index (χ3v) is 6.28. The molecule has 0 aromatic heterocycles. The monoisotopic (exact) mass is 440 g/mol. The van der Waals surface area contributed by atoms with Gasteiger partial charge in [-0.1, -0.05) is 90.6 Å². The fourth-order valence-corrected chi connectivity index (χ4v) is 4.72. The zero-order chi connectivity index (χ0) is 22.3. The normalized spacial score (nSPS) is 15.2. The van der Waals surface area contributed by atoms with E-state index in [1.165, 1.54) is 17.8 Å². The molecule has 4 rings (SSSR count). The number of anilines is 1. The number of nitrogens with zero attached hydrogens (tertiary/aromatic N) is 1. The second-order valence-electron chi connectivity index (χ2n) is 7.44. The van der Waals surface area contributed by atoms with E-state index in [4.69, 9.17) is 0 Å². The Hall–Kier alpha value is -3.57. The quantitative estimate of drug-likeness (QED) is 0.401. The van der Waals surface area contributed by atoms with Crippen LogP contribution in [0.1, 0.15) is 17.2 Å². The highest BCUT2D eigenvalue weighted by Gasteiger charge is 2.29. The molecule has 1 N–H and O–H groups in total. The Morgan fingerprint density at radius 1 is 0.969 bits per heavy atom. The van der Waals surface area contributed by atoms with Crippen LogP contribution in [-0.4, -0.2) is 18.4 Å². The van der Waals surface area contributed by atoms with E-state index in [9.17, 15) is 9.59 Å². The van der Waals surface area contributed by atoms with E-state index in [2.05, 4.69) is 11.9 Å². The van der Waals surface area contributed by atoms with Crippen LogP contribution in [0.5, 0.6) is 0 Å². The minimum atomic E-state index is -0.288. The molecule has 5 heteroatoms. The lowest BCUT2D eigenvalue weighted by molar-refractivity contribution is -0.118. The summed E-state index contributed by atoms with van der Waals surface area (Å²) in [5, 5.41) is 3.10. The Balaban J connectivity index is 1.58. The van der Waals surface area contributed by atoms with Crippen LogP contribution < -0.4 is 10.2 Å². The lowest BCUT2D eigenvalue weighted by Crippen LogP contribution is -2.35. The summed E-state index contributed by atoms with van der Waals surface area (Å²) >= 11 is 1.32. The minimum Gasteiger partial charge on any atom is -0.345 e. The van der Waals surface area contributed by atoms with Crippen molar-refractivity contribution in [3.05, 3.63) is 120 Å². The number of carbonyl (C=O) groups is 2. The fraction of sp³-hybridized carbons (Fsp3) is 0.111. The van der Waals surface area contributed by atoms with Crippen LogP contribution in [0.2, 0.25) is 0 Å².